The number of carbonyl (C=O) groups is 1. The Kier molecular flexibility index (Phi) is 5.88. The first-order valence-electron chi connectivity index (χ1n) is 9.55. The van der Waals surface area contributed by atoms with E-state index in [1.165, 1.54) is 29.5 Å². The Labute approximate surface area is 186 Å². The summed E-state index contributed by atoms with van der Waals surface area (Å²) < 4.78 is 13.2. The Morgan fingerprint density at radius 3 is 2.48 bits per heavy atom. The van der Waals surface area contributed by atoms with E-state index in [-0.39, 0.29) is 17.4 Å². The number of nitrogens with zero attached hydrogens (tertiary/aromatic N) is 4. The summed E-state index contributed by atoms with van der Waals surface area (Å²) in [5.41, 5.74) is 1.84. The largest absolute Gasteiger partial charge is 0.362 e. The fraction of sp³-hybridized carbons (Fsp3) is 0.238. The zero-order chi connectivity index (χ0) is 22.1. The van der Waals surface area contributed by atoms with Crippen LogP contribution in [0.25, 0.3) is 10.6 Å². The monoisotopic (exact) mass is 460 g/mol. The Hall–Kier alpha value is -3.04. The van der Waals surface area contributed by atoms with E-state index in [0.29, 0.717) is 52.5 Å². The third-order valence-corrected chi connectivity index (χ3v) is 6.55. The molecule has 31 heavy (non-hydrogen) atoms. The number of nitro groups is 1. The maximum absolute atomic E-state index is 13.2. The fourth-order valence-electron chi connectivity index (χ4n) is 3.52. The number of benzene rings is 2. The van der Waals surface area contributed by atoms with Gasteiger partial charge in [0.05, 0.1) is 10.6 Å². The average Bonchev–Trinajstić information content (AvgIpc) is 3.15. The molecule has 10 heteroatoms. The Morgan fingerprint density at radius 1 is 1.16 bits per heavy atom. The standard InChI is InChI=1S/C21H18ClFN4O3S/c1-13-19(31-20(24-13)14-2-5-16(23)6-3-14)21(28)26-10-8-25(9-11-26)17-7-4-15(22)12-18(17)27(29)30/h2-7,12H,8-11H2,1H3. The molecule has 160 valence electrons. The molecule has 0 aliphatic carbocycles. The number of aromatic nitrogens is 1. The number of aryl methyl sites for hydroxylation is 1. The van der Waals surface area contributed by atoms with Crippen molar-refractivity contribution in [2.45, 2.75) is 6.92 Å². The first-order chi connectivity index (χ1) is 14.8. The normalized spacial score (nSPS) is 14.0. The van der Waals surface area contributed by atoms with Crippen LogP contribution in [0.2, 0.25) is 5.02 Å². The third kappa shape index (κ3) is 4.38. The predicted octanol–water partition coefficient (Wildman–Crippen LogP) is 4.78. The van der Waals surface area contributed by atoms with Crippen molar-refractivity contribution in [3.63, 3.8) is 0 Å². The highest BCUT2D eigenvalue weighted by atomic mass is 35.5. The van der Waals surface area contributed by atoms with Crippen molar-refractivity contribution in [3.8, 4) is 10.6 Å². The van der Waals surface area contributed by atoms with Gasteiger partial charge in [0.1, 0.15) is 21.4 Å². The van der Waals surface area contributed by atoms with Gasteiger partial charge in [-0.3, -0.25) is 14.9 Å². The number of rotatable bonds is 4. The third-order valence-electron chi connectivity index (χ3n) is 5.12. The van der Waals surface area contributed by atoms with Crippen molar-refractivity contribution in [2.75, 3.05) is 31.1 Å². The number of piperazine rings is 1. The van der Waals surface area contributed by atoms with E-state index in [9.17, 15) is 19.3 Å². The van der Waals surface area contributed by atoms with Crippen molar-refractivity contribution in [3.05, 3.63) is 74.0 Å². The van der Waals surface area contributed by atoms with Crippen LogP contribution in [0.4, 0.5) is 15.8 Å². The van der Waals surface area contributed by atoms with Gasteiger partial charge in [-0.15, -0.1) is 11.3 Å². The molecule has 2 aromatic carbocycles. The lowest BCUT2D eigenvalue weighted by molar-refractivity contribution is -0.384. The van der Waals surface area contributed by atoms with Crippen LogP contribution < -0.4 is 4.90 Å². The second kappa shape index (κ2) is 8.60. The minimum absolute atomic E-state index is 0.0467. The van der Waals surface area contributed by atoms with Gasteiger partial charge in [0.25, 0.3) is 11.6 Å². The van der Waals surface area contributed by atoms with Crippen molar-refractivity contribution in [1.29, 1.82) is 0 Å². The summed E-state index contributed by atoms with van der Waals surface area (Å²) in [6.07, 6.45) is 0. The summed E-state index contributed by atoms with van der Waals surface area (Å²) in [6.45, 7) is 3.58. The maximum Gasteiger partial charge on any atom is 0.294 e. The number of halogens is 2. The van der Waals surface area contributed by atoms with Crippen molar-refractivity contribution >= 4 is 40.2 Å². The van der Waals surface area contributed by atoms with Crippen LogP contribution in [-0.4, -0.2) is 46.9 Å². The highest BCUT2D eigenvalue weighted by molar-refractivity contribution is 7.17. The molecule has 0 bridgehead atoms. The lowest BCUT2D eigenvalue weighted by Gasteiger charge is -2.35. The summed E-state index contributed by atoms with van der Waals surface area (Å²) in [5.74, 6) is -0.444. The molecule has 1 aliphatic rings. The molecule has 3 aromatic rings. The minimum Gasteiger partial charge on any atom is -0.362 e. The smallest absolute Gasteiger partial charge is 0.294 e. The van der Waals surface area contributed by atoms with Crippen LogP contribution in [0.15, 0.2) is 42.5 Å². The van der Waals surface area contributed by atoms with E-state index < -0.39 is 4.92 Å². The lowest BCUT2D eigenvalue weighted by atomic mass is 10.2. The molecule has 1 fully saturated rings. The zero-order valence-corrected chi connectivity index (χ0v) is 18.1. The summed E-state index contributed by atoms with van der Waals surface area (Å²) in [5, 5.41) is 12.3. The first-order valence-corrected chi connectivity index (χ1v) is 10.7. The Morgan fingerprint density at radius 2 is 1.84 bits per heavy atom. The van der Waals surface area contributed by atoms with E-state index in [2.05, 4.69) is 4.98 Å². The molecule has 0 atom stereocenters. The molecule has 2 heterocycles. The molecule has 1 saturated heterocycles. The number of anilines is 1. The van der Waals surface area contributed by atoms with Gasteiger partial charge >= 0.3 is 0 Å². The van der Waals surface area contributed by atoms with Gasteiger partial charge in [0.15, 0.2) is 0 Å². The molecular formula is C21H18ClFN4O3S. The van der Waals surface area contributed by atoms with E-state index in [1.54, 1.807) is 36.1 Å². The van der Waals surface area contributed by atoms with Gasteiger partial charge < -0.3 is 9.80 Å². The summed E-state index contributed by atoms with van der Waals surface area (Å²) in [4.78, 5) is 32.7. The van der Waals surface area contributed by atoms with Crippen molar-refractivity contribution in [2.24, 2.45) is 0 Å². The molecule has 0 saturated carbocycles. The summed E-state index contributed by atoms with van der Waals surface area (Å²) in [6, 6.07) is 10.6. The molecule has 0 N–H and O–H groups in total. The molecule has 0 radical (unpaired) electrons. The second-order valence-electron chi connectivity index (χ2n) is 7.11. The van der Waals surface area contributed by atoms with Crippen LogP contribution in [-0.2, 0) is 0 Å². The fourth-order valence-corrected chi connectivity index (χ4v) is 4.72. The molecule has 4 rings (SSSR count). The average molecular weight is 461 g/mol. The quantitative estimate of drug-likeness (QED) is 0.413. The predicted molar refractivity (Wildman–Crippen MR) is 118 cm³/mol. The highest BCUT2D eigenvalue weighted by Gasteiger charge is 2.28. The van der Waals surface area contributed by atoms with Crippen LogP contribution in [0.3, 0.4) is 0 Å². The lowest BCUT2D eigenvalue weighted by Crippen LogP contribution is -2.48. The zero-order valence-electron chi connectivity index (χ0n) is 16.5. The number of nitro benzene ring substituents is 1. The van der Waals surface area contributed by atoms with Crippen LogP contribution >= 0.6 is 22.9 Å². The summed E-state index contributed by atoms with van der Waals surface area (Å²) in [7, 11) is 0. The minimum atomic E-state index is -0.448. The summed E-state index contributed by atoms with van der Waals surface area (Å²) >= 11 is 7.18. The van der Waals surface area contributed by atoms with Crippen LogP contribution in [0.5, 0.6) is 0 Å². The van der Waals surface area contributed by atoms with Gasteiger partial charge in [-0.2, -0.15) is 0 Å². The molecule has 7 nitrogen and oxygen atoms in total. The SMILES string of the molecule is Cc1nc(-c2ccc(F)cc2)sc1C(=O)N1CCN(c2ccc(Cl)cc2[N+](=O)[O-])CC1. The van der Waals surface area contributed by atoms with Crippen LogP contribution in [0, 0.1) is 22.9 Å². The van der Waals surface area contributed by atoms with Gasteiger partial charge in [-0.1, -0.05) is 11.6 Å². The number of hydrogen-bond acceptors (Lipinski definition) is 6. The highest BCUT2D eigenvalue weighted by Crippen LogP contribution is 2.33. The topological polar surface area (TPSA) is 79.6 Å². The Balaban J connectivity index is 1.48. The van der Waals surface area contributed by atoms with E-state index in [0.717, 1.165) is 5.56 Å². The molecular weight excluding hydrogens is 443 g/mol. The van der Waals surface area contributed by atoms with Crippen molar-refractivity contribution in [1.82, 2.24) is 9.88 Å². The molecule has 1 aliphatic heterocycles. The molecule has 1 aromatic heterocycles. The molecule has 0 spiro atoms. The van der Waals surface area contributed by atoms with Gasteiger partial charge in [-0.05, 0) is 43.3 Å². The maximum atomic E-state index is 13.2. The number of hydrogen-bond donors (Lipinski definition) is 0. The molecule has 0 unspecified atom stereocenters. The van der Waals surface area contributed by atoms with E-state index in [1.807, 2.05) is 4.90 Å². The van der Waals surface area contributed by atoms with Gasteiger partial charge in [-0.25, -0.2) is 9.37 Å². The molecule has 1 amide bonds. The van der Waals surface area contributed by atoms with E-state index in [4.69, 9.17) is 11.6 Å². The Bertz CT molecular complexity index is 1140. The number of thiazole rings is 1. The number of carbonyl (C=O) groups excluding carboxylic acids is 1. The van der Waals surface area contributed by atoms with E-state index >= 15 is 0 Å². The van der Waals surface area contributed by atoms with Crippen LogP contribution in [0.1, 0.15) is 15.4 Å². The second-order valence-corrected chi connectivity index (χ2v) is 8.55. The van der Waals surface area contributed by atoms with Crippen molar-refractivity contribution < 1.29 is 14.1 Å². The number of amides is 1. The van der Waals surface area contributed by atoms with Gasteiger partial charge in [0, 0.05) is 42.8 Å². The first kappa shape index (κ1) is 21.2. The van der Waals surface area contributed by atoms with Gasteiger partial charge in [0.2, 0.25) is 0 Å².